The molecule has 0 aliphatic carbocycles. The number of hydrogen-bond donors (Lipinski definition) is 1. The molecule has 0 bridgehead atoms. The van der Waals surface area contributed by atoms with Crippen molar-refractivity contribution in [3.05, 3.63) is 35.9 Å². The van der Waals surface area contributed by atoms with Crippen molar-refractivity contribution in [2.45, 2.75) is 56.9 Å². The molecule has 1 aliphatic rings. The summed E-state index contributed by atoms with van der Waals surface area (Å²) in [5.41, 5.74) is -1.70. The van der Waals surface area contributed by atoms with Crippen molar-refractivity contribution >= 4 is 6.09 Å². The SMILES string of the molecule is CC(C)(C)OC(=O)N1CCC(c2ccccc2)(C(O)C(F)(F)F)CC1. The largest absolute Gasteiger partial charge is 0.444 e. The van der Waals surface area contributed by atoms with E-state index in [0.29, 0.717) is 5.56 Å². The van der Waals surface area contributed by atoms with E-state index in [2.05, 4.69) is 0 Å². The van der Waals surface area contributed by atoms with Gasteiger partial charge >= 0.3 is 12.3 Å². The van der Waals surface area contributed by atoms with Crippen LogP contribution in [0.15, 0.2) is 30.3 Å². The van der Waals surface area contributed by atoms with Gasteiger partial charge in [-0.3, -0.25) is 0 Å². The van der Waals surface area contributed by atoms with E-state index in [1.54, 1.807) is 51.1 Å². The summed E-state index contributed by atoms with van der Waals surface area (Å²) in [5, 5.41) is 10.1. The Labute approximate surface area is 145 Å². The third-order valence-corrected chi connectivity index (χ3v) is 4.49. The van der Waals surface area contributed by atoms with Gasteiger partial charge in [0.05, 0.1) is 0 Å². The van der Waals surface area contributed by atoms with Crippen LogP contribution in [-0.4, -0.2) is 47.1 Å². The minimum atomic E-state index is -4.73. The van der Waals surface area contributed by atoms with E-state index in [1.807, 2.05) is 0 Å². The number of likely N-dealkylation sites (tertiary alicyclic amines) is 1. The summed E-state index contributed by atoms with van der Waals surface area (Å²) in [6, 6.07) is 8.21. The molecule has 1 N–H and O–H groups in total. The summed E-state index contributed by atoms with van der Waals surface area (Å²) >= 11 is 0. The molecule has 0 radical (unpaired) electrons. The smallest absolute Gasteiger partial charge is 0.415 e. The molecule has 1 unspecified atom stereocenters. The maximum Gasteiger partial charge on any atom is 0.415 e. The first-order valence-electron chi connectivity index (χ1n) is 8.24. The number of ether oxygens (including phenoxy) is 1. The van der Waals surface area contributed by atoms with Crippen LogP contribution < -0.4 is 0 Å². The number of carbonyl (C=O) groups excluding carboxylic acids is 1. The predicted molar refractivity (Wildman–Crippen MR) is 87.2 cm³/mol. The van der Waals surface area contributed by atoms with Crippen LogP contribution in [-0.2, 0) is 10.2 Å². The van der Waals surface area contributed by atoms with Gasteiger partial charge in [0.25, 0.3) is 0 Å². The van der Waals surface area contributed by atoms with Crippen LogP contribution in [0.1, 0.15) is 39.2 Å². The second-order valence-corrected chi connectivity index (χ2v) is 7.43. The molecule has 1 atom stereocenters. The third-order valence-electron chi connectivity index (χ3n) is 4.49. The minimum Gasteiger partial charge on any atom is -0.444 e. The van der Waals surface area contributed by atoms with E-state index >= 15 is 0 Å². The highest BCUT2D eigenvalue weighted by Gasteiger charge is 2.54. The van der Waals surface area contributed by atoms with Gasteiger partial charge in [0.2, 0.25) is 0 Å². The van der Waals surface area contributed by atoms with Gasteiger partial charge in [-0.15, -0.1) is 0 Å². The third kappa shape index (κ3) is 4.45. The maximum atomic E-state index is 13.3. The average molecular weight is 359 g/mol. The quantitative estimate of drug-likeness (QED) is 0.872. The van der Waals surface area contributed by atoms with Gasteiger partial charge in [-0.1, -0.05) is 30.3 Å². The summed E-state index contributed by atoms with van der Waals surface area (Å²) in [5.74, 6) is 0. The average Bonchev–Trinajstić information content (AvgIpc) is 2.52. The highest BCUT2D eigenvalue weighted by atomic mass is 19.4. The van der Waals surface area contributed by atoms with E-state index in [-0.39, 0.29) is 25.9 Å². The second kappa shape index (κ2) is 6.86. The van der Waals surface area contributed by atoms with E-state index in [0.717, 1.165) is 0 Å². The molecule has 1 aliphatic heterocycles. The predicted octanol–water partition coefficient (Wildman–Crippen LogP) is 3.88. The van der Waals surface area contributed by atoms with Gasteiger partial charge in [0.15, 0.2) is 6.10 Å². The molecule has 140 valence electrons. The molecule has 0 aromatic heterocycles. The number of rotatable bonds is 2. The fourth-order valence-corrected chi connectivity index (χ4v) is 3.22. The Morgan fingerprint density at radius 2 is 1.68 bits per heavy atom. The number of nitrogens with zero attached hydrogens (tertiary/aromatic N) is 1. The number of aliphatic hydroxyl groups is 1. The lowest BCUT2D eigenvalue weighted by molar-refractivity contribution is -0.229. The Balaban J connectivity index is 2.23. The highest BCUT2D eigenvalue weighted by molar-refractivity contribution is 5.68. The summed E-state index contributed by atoms with van der Waals surface area (Å²) in [6.07, 6.45) is -7.74. The van der Waals surface area contributed by atoms with Crippen molar-refractivity contribution in [1.29, 1.82) is 0 Å². The molecule has 7 heteroatoms. The molecule has 1 heterocycles. The van der Waals surface area contributed by atoms with Crippen molar-refractivity contribution in [1.82, 2.24) is 4.90 Å². The Morgan fingerprint density at radius 1 is 1.16 bits per heavy atom. The topological polar surface area (TPSA) is 49.8 Å². The summed E-state index contributed by atoms with van der Waals surface area (Å²) < 4.78 is 45.1. The molecule has 25 heavy (non-hydrogen) atoms. The van der Waals surface area contributed by atoms with Crippen LogP contribution in [0.25, 0.3) is 0 Å². The Kier molecular flexibility index (Phi) is 5.37. The van der Waals surface area contributed by atoms with E-state index in [4.69, 9.17) is 4.74 Å². The Morgan fingerprint density at radius 3 is 2.12 bits per heavy atom. The zero-order valence-electron chi connectivity index (χ0n) is 14.6. The van der Waals surface area contributed by atoms with Crippen molar-refractivity contribution in [3.8, 4) is 0 Å². The van der Waals surface area contributed by atoms with Gasteiger partial charge < -0.3 is 14.7 Å². The van der Waals surface area contributed by atoms with E-state index in [1.165, 1.54) is 4.90 Å². The fourth-order valence-electron chi connectivity index (χ4n) is 3.22. The molecule has 0 saturated carbocycles. The van der Waals surface area contributed by atoms with Crippen molar-refractivity contribution in [3.63, 3.8) is 0 Å². The normalized spacial score (nSPS) is 19.4. The number of halogens is 3. The molecule has 1 saturated heterocycles. The Hall–Kier alpha value is -1.76. The lowest BCUT2D eigenvalue weighted by Gasteiger charge is -2.45. The van der Waals surface area contributed by atoms with Gasteiger partial charge in [0.1, 0.15) is 5.60 Å². The van der Waals surface area contributed by atoms with Crippen LogP contribution >= 0.6 is 0 Å². The lowest BCUT2D eigenvalue weighted by Crippen LogP contribution is -2.55. The summed E-state index contributed by atoms with van der Waals surface area (Å²) in [6.45, 7) is 5.39. The number of piperidine rings is 1. The number of amides is 1. The fraction of sp³-hybridized carbons (Fsp3) is 0.611. The van der Waals surface area contributed by atoms with Crippen molar-refractivity contribution in [2.24, 2.45) is 0 Å². The van der Waals surface area contributed by atoms with Crippen molar-refractivity contribution < 1.29 is 27.8 Å². The van der Waals surface area contributed by atoms with Gasteiger partial charge in [-0.2, -0.15) is 13.2 Å². The molecule has 1 aromatic rings. The molecular weight excluding hydrogens is 335 g/mol. The Bertz CT molecular complexity index is 588. The zero-order valence-corrected chi connectivity index (χ0v) is 14.6. The molecule has 1 fully saturated rings. The molecule has 2 rings (SSSR count). The molecule has 4 nitrogen and oxygen atoms in total. The van der Waals surface area contributed by atoms with Crippen LogP contribution in [0, 0.1) is 0 Å². The van der Waals surface area contributed by atoms with Gasteiger partial charge in [0, 0.05) is 18.5 Å². The first-order chi connectivity index (χ1) is 11.5. The molecule has 0 spiro atoms. The maximum absolute atomic E-state index is 13.3. The molecule has 1 aromatic carbocycles. The van der Waals surface area contributed by atoms with Crippen molar-refractivity contribution in [2.75, 3.05) is 13.1 Å². The van der Waals surface area contributed by atoms with Crippen LogP contribution in [0.4, 0.5) is 18.0 Å². The zero-order chi connectivity index (χ0) is 18.9. The molecule has 1 amide bonds. The number of benzene rings is 1. The number of aliphatic hydroxyl groups excluding tert-OH is 1. The first kappa shape index (κ1) is 19.6. The number of carbonyl (C=O) groups is 1. The number of hydrogen-bond acceptors (Lipinski definition) is 3. The lowest BCUT2D eigenvalue weighted by atomic mass is 9.68. The van der Waals surface area contributed by atoms with Gasteiger partial charge in [-0.25, -0.2) is 4.79 Å². The minimum absolute atomic E-state index is 0.0108. The van der Waals surface area contributed by atoms with Crippen LogP contribution in [0.3, 0.4) is 0 Å². The van der Waals surface area contributed by atoms with Crippen LogP contribution in [0.2, 0.25) is 0 Å². The van der Waals surface area contributed by atoms with E-state index < -0.39 is 29.4 Å². The van der Waals surface area contributed by atoms with E-state index in [9.17, 15) is 23.1 Å². The van der Waals surface area contributed by atoms with Crippen LogP contribution in [0.5, 0.6) is 0 Å². The number of alkyl halides is 3. The highest BCUT2D eigenvalue weighted by Crippen LogP contribution is 2.44. The first-order valence-corrected chi connectivity index (χ1v) is 8.24. The summed E-state index contributed by atoms with van der Waals surface area (Å²) in [4.78, 5) is 13.5. The second-order valence-electron chi connectivity index (χ2n) is 7.43. The standard InChI is InChI=1S/C18H24F3NO3/c1-16(2,3)25-15(24)22-11-9-17(10-12-22,14(23)18(19,20)21)13-7-5-4-6-8-13/h4-8,14,23H,9-12H2,1-3H3. The van der Waals surface area contributed by atoms with Gasteiger partial charge in [-0.05, 0) is 39.2 Å². The summed E-state index contributed by atoms with van der Waals surface area (Å²) in [7, 11) is 0. The monoisotopic (exact) mass is 359 g/mol. The molecular formula is C18H24F3NO3.